The third-order valence-corrected chi connectivity index (χ3v) is 5.37. The lowest BCUT2D eigenvalue weighted by Crippen LogP contribution is -2.32. The van der Waals surface area contributed by atoms with Gasteiger partial charge in [0.2, 0.25) is 0 Å². The highest BCUT2D eigenvalue weighted by atomic mass is 32.2. The number of benzene rings is 2. The van der Waals surface area contributed by atoms with Gasteiger partial charge in [0.1, 0.15) is 0 Å². The fourth-order valence-corrected chi connectivity index (χ4v) is 3.73. The predicted octanol–water partition coefficient (Wildman–Crippen LogP) is 4.70. The summed E-state index contributed by atoms with van der Waals surface area (Å²) in [5.74, 6) is 0. The number of alkyl halides is 3. The molecule has 0 fully saturated rings. The van der Waals surface area contributed by atoms with Crippen LogP contribution in [0.15, 0.2) is 59.5 Å². The molecular formula is C17H18F3NO2S. The summed E-state index contributed by atoms with van der Waals surface area (Å²) in [5.41, 5.74) is -0.382. The predicted molar refractivity (Wildman–Crippen MR) is 87.3 cm³/mol. The van der Waals surface area contributed by atoms with E-state index in [4.69, 9.17) is 0 Å². The Morgan fingerprint density at radius 3 is 2.04 bits per heavy atom. The van der Waals surface area contributed by atoms with E-state index < -0.39 is 21.8 Å². The molecule has 0 N–H and O–H groups in total. The van der Waals surface area contributed by atoms with Crippen LogP contribution in [-0.4, -0.2) is 15.0 Å². The lowest BCUT2D eigenvalue weighted by Gasteiger charge is -2.24. The highest BCUT2D eigenvalue weighted by Crippen LogP contribution is 2.31. The first kappa shape index (κ1) is 18.3. The molecule has 0 aliphatic carbocycles. The first-order valence-corrected chi connectivity index (χ1v) is 8.96. The Morgan fingerprint density at radius 2 is 1.54 bits per heavy atom. The van der Waals surface area contributed by atoms with Gasteiger partial charge in [-0.2, -0.15) is 13.2 Å². The molecule has 2 rings (SSSR count). The zero-order valence-corrected chi connectivity index (χ0v) is 13.9. The van der Waals surface area contributed by atoms with Crippen molar-refractivity contribution in [1.82, 2.24) is 0 Å². The minimum absolute atomic E-state index is 0.157. The van der Waals surface area contributed by atoms with Crippen LogP contribution in [-0.2, 0) is 16.2 Å². The second-order valence-electron chi connectivity index (χ2n) is 5.29. The smallest absolute Gasteiger partial charge is 0.266 e. The summed E-state index contributed by atoms with van der Waals surface area (Å²) in [6.45, 7) is 2.21. The molecule has 0 aliphatic heterocycles. The van der Waals surface area contributed by atoms with Crippen molar-refractivity contribution in [3.05, 3.63) is 60.2 Å². The van der Waals surface area contributed by atoms with Crippen molar-refractivity contribution in [2.75, 3.05) is 10.8 Å². The first-order valence-electron chi connectivity index (χ1n) is 7.52. The Labute approximate surface area is 139 Å². The van der Waals surface area contributed by atoms with Crippen LogP contribution in [0.25, 0.3) is 0 Å². The van der Waals surface area contributed by atoms with E-state index in [0.717, 1.165) is 30.7 Å². The van der Waals surface area contributed by atoms with Crippen LogP contribution in [0.3, 0.4) is 0 Å². The summed E-state index contributed by atoms with van der Waals surface area (Å²) in [6, 6.07) is 12.1. The molecule has 7 heteroatoms. The minimum atomic E-state index is -4.50. The van der Waals surface area contributed by atoms with E-state index in [-0.39, 0.29) is 11.4 Å². The Bertz CT molecular complexity index is 757. The number of hydrogen-bond donors (Lipinski definition) is 0. The molecule has 24 heavy (non-hydrogen) atoms. The molecule has 0 spiro atoms. The summed E-state index contributed by atoms with van der Waals surface area (Å²) in [7, 11) is -3.92. The molecule has 2 aromatic rings. The van der Waals surface area contributed by atoms with E-state index in [9.17, 15) is 21.6 Å². The van der Waals surface area contributed by atoms with Gasteiger partial charge in [-0.3, -0.25) is 4.31 Å². The summed E-state index contributed by atoms with van der Waals surface area (Å²) in [5, 5.41) is 0. The Kier molecular flexibility index (Phi) is 5.54. The van der Waals surface area contributed by atoms with Crippen LogP contribution >= 0.6 is 0 Å². The molecule has 0 saturated carbocycles. The number of halogens is 3. The lowest BCUT2D eigenvalue weighted by atomic mass is 10.2. The Hall–Kier alpha value is -2.02. The Balaban J connectivity index is 2.40. The van der Waals surface area contributed by atoms with E-state index in [1.165, 1.54) is 4.31 Å². The van der Waals surface area contributed by atoms with Gasteiger partial charge in [0.25, 0.3) is 10.0 Å². The van der Waals surface area contributed by atoms with Crippen LogP contribution in [0.4, 0.5) is 18.9 Å². The number of sulfonamides is 1. The molecule has 3 nitrogen and oxygen atoms in total. The quantitative estimate of drug-likeness (QED) is 0.751. The normalized spacial score (nSPS) is 12.2. The van der Waals surface area contributed by atoms with Gasteiger partial charge < -0.3 is 0 Å². The van der Waals surface area contributed by atoms with Crippen molar-refractivity contribution in [1.29, 1.82) is 0 Å². The van der Waals surface area contributed by atoms with Gasteiger partial charge in [-0.1, -0.05) is 31.5 Å². The Morgan fingerprint density at radius 1 is 0.958 bits per heavy atom. The summed E-state index contributed by atoms with van der Waals surface area (Å²) < 4.78 is 64.9. The molecule has 0 amide bonds. The van der Waals surface area contributed by atoms with Gasteiger partial charge in [-0.05, 0) is 42.8 Å². The number of unbranched alkanes of at least 4 members (excludes halogenated alkanes) is 1. The number of rotatable bonds is 6. The molecule has 0 unspecified atom stereocenters. The standard InChI is InChI=1S/C17H18F3NO2S/c1-2-3-13-21(15-7-5-4-6-8-15)24(22,23)16-11-9-14(10-12-16)17(18,19)20/h4-12H,2-3,13H2,1H3. The maximum Gasteiger partial charge on any atom is 0.416 e. The molecule has 0 aromatic heterocycles. The summed E-state index contributed by atoms with van der Waals surface area (Å²) in [4.78, 5) is -0.157. The van der Waals surface area contributed by atoms with Crippen LogP contribution in [0, 0.1) is 0 Å². The van der Waals surface area contributed by atoms with E-state index in [2.05, 4.69) is 0 Å². The highest BCUT2D eigenvalue weighted by Gasteiger charge is 2.31. The average Bonchev–Trinajstić information content (AvgIpc) is 2.55. The third-order valence-electron chi connectivity index (χ3n) is 3.53. The van der Waals surface area contributed by atoms with Crippen LogP contribution in [0.2, 0.25) is 0 Å². The number of anilines is 1. The van der Waals surface area contributed by atoms with Gasteiger partial charge in [-0.25, -0.2) is 8.42 Å². The van der Waals surface area contributed by atoms with Crippen molar-refractivity contribution in [3.63, 3.8) is 0 Å². The fraction of sp³-hybridized carbons (Fsp3) is 0.294. The van der Waals surface area contributed by atoms with Crippen LogP contribution < -0.4 is 4.31 Å². The van der Waals surface area contributed by atoms with Gasteiger partial charge in [-0.15, -0.1) is 0 Å². The molecule has 0 atom stereocenters. The fourth-order valence-electron chi connectivity index (χ4n) is 2.23. The van der Waals surface area contributed by atoms with E-state index in [1.54, 1.807) is 30.3 Å². The van der Waals surface area contributed by atoms with Gasteiger partial charge in [0.15, 0.2) is 0 Å². The maximum absolute atomic E-state index is 12.8. The second kappa shape index (κ2) is 7.25. The molecular weight excluding hydrogens is 339 g/mol. The molecule has 0 bridgehead atoms. The molecule has 130 valence electrons. The SMILES string of the molecule is CCCCN(c1ccccc1)S(=O)(=O)c1ccc(C(F)(F)F)cc1. The molecule has 0 radical (unpaired) electrons. The highest BCUT2D eigenvalue weighted by molar-refractivity contribution is 7.92. The molecule has 0 saturated heterocycles. The van der Waals surface area contributed by atoms with Crippen molar-refractivity contribution in [2.24, 2.45) is 0 Å². The van der Waals surface area contributed by atoms with Crippen molar-refractivity contribution >= 4 is 15.7 Å². The topological polar surface area (TPSA) is 37.4 Å². The van der Waals surface area contributed by atoms with Crippen LogP contribution in [0.5, 0.6) is 0 Å². The molecule has 0 heterocycles. The molecule has 2 aromatic carbocycles. The summed E-state index contributed by atoms with van der Waals surface area (Å²) in [6.07, 6.45) is -3.05. The number of hydrogen-bond acceptors (Lipinski definition) is 2. The van der Waals surface area contributed by atoms with E-state index >= 15 is 0 Å². The first-order chi connectivity index (χ1) is 11.3. The van der Waals surface area contributed by atoms with Crippen LogP contribution in [0.1, 0.15) is 25.3 Å². The lowest BCUT2D eigenvalue weighted by molar-refractivity contribution is -0.137. The number of nitrogens with zero attached hydrogens (tertiary/aromatic N) is 1. The third kappa shape index (κ3) is 4.08. The largest absolute Gasteiger partial charge is 0.416 e. The van der Waals surface area contributed by atoms with E-state index in [0.29, 0.717) is 12.1 Å². The van der Waals surface area contributed by atoms with Gasteiger partial charge in [0, 0.05) is 6.54 Å². The monoisotopic (exact) mass is 357 g/mol. The zero-order chi connectivity index (χ0) is 17.8. The summed E-state index contributed by atoms with van der Waals surface area (Å²) >= 11 is 0. The number of para-hydroxylation sites is 1. The van der Waals surface area contributed by atoms with Gasteiger partial charge in [0.05, 0.1) is 16.1 Å². The van der Waals surface area contributed by atoms with Crippen molar-refractivity contribution in [3.8, 4) is 0 Å². The second-order valence-corrected chi connectivity index (χ2v) is 7.15. The van der Waals surface area contributed by atoms with E-state index in [1.807, 2.05) is 6.92 Å². The minimum Gasteiger partial charge on any atom is -0.266 e. The van der Waals surface area contributed by atoms with Gasteiger partial charge >= 0.3 is 6.18 Å². The average molecular weight is 357 g/mol. The zero-order valence-electron chi connectivity index (χ0n) is 13.1. The maximum atomic E-state index is 12.8. The van der Waals surface area contributed by atoms with Crippen molar-refractivity contribution < 1.29 is 21.6 Å². The molecule has 0 aliphatic rings. The van der Waals surface area contributed by atoms with Crippen molar-refractivity contribution in [2.45, 2.75) is 30.8 Å².